The van der Waals surface area contributed by atoms with Crippen molar-refractivity contribution in [1.82, 2.24) is 0 Å². The van der Waals surface area contributed by atoms with E-state index < -0.39 is 12.1 Å². The Hall–Kier alpha value is -3.28. The number of hydrogen-bond acceptors (Lipinski definition) is 5. The smallest absolute Gasteiger partial charge is 0.340 e. The Morgan fingerprint density at radius 1 is 0.903 bits per heavy atom. The maximum Gasteiger partial charge on any atom is 0.340 e. The summed E-state index contributed by atoms with van der Waals surface area (Å²) >= 11 is 0. The third-order valence-electron chi connectivity index (χ3n) is 7.00. The lowest BCUT2D eigenvalue weighted by atomic mass is 9.81. The Morgan fingerprint density at radius 3 is 2.13 bits per heavy atom. The van der Waals surface area contributed by atoms with Crippen molar-refractivity contribution in [3.05, 3.63) is 65.7 Å². The van der Waals surface area contributed by atoms with Gasteiger partial charge in [-0.05, 0) is 50.2 Å². The van der Waals surface area contributed by atoms with Crippen LogP contribution in [0.2, 0.25) is 0 Å². The highest BCUT2D eigenvalue weighted by Crippen LogP contribution is 2.56. The fraction of sp³-hybridized carbons (Fsp3) is 0.360. The molecule has 3 fully saturated rings. The number of para-hydroxylation sites is 1. The van der Waals surface area contributed by atoms with E-state index in [0.29, 0.717) is 5.56 Å². The molecule has 158 valence electrons. The summed E-state index contributed by atoms with van der Waals surface area (Å²) in [5.41, 5.74) is 0.809. The monoisotopic (exact) mass is 417 g/mol. The van der Waals surface area contributed by atoms with Gasteiger partial charge in [-0.3, -0.25) is 14.4 Å². The fourth-order valence-electron chi connectivity index (χ4n) is 5.60. The highest BCUT2D eigenvalue weighted by atomic mass is 16.5. The summed E-state index contributed by atoms with van der Waals surface area (Å²) in [5.74, 6) is -1.48. The number of rotatable bonds is 5. The zero-order chi connectivity index (χ0) is 21.7. The molecule has 1 heterocycles. The van der Waals surface area contributed by atoms with Crippen LogP contribution in [0.1, 0.15) is 46.9 Å². The van der Waals surface area contributed by atoms with Crippen LogP contribution in [0.15, 0.2) is 54.6 Å². The van der Waals surface area contributed by atoms with Crippen LogP contribution in [0.3, 0.4) is 0 Å². The minimum absolute atomic E-state index is 0.115. The van der Waals surface area contributed by atoms with E-state index in [9.17, 15) is 19.2 Å². The van der Waals surface area contributed by atoms with Crippen LogP contribution in [0, 0.1) is 23.7 Å². The molecule has 1 saturated heterocycles. The SMILES string of the molecule is C[C@@H](OC(=O)c1ccccc1N1C(=O)[C@H]2[C@H]3CC[C@@H](C3)[C@@H]2C1=O)C(=O)c1ccccc1. The van der Waals surface area contributed by atoms with E-state index >= 15 is 0 Å². The molecule has 1 aliphatic heterocycles. The van der Waals surface area contributed by atoms with Crippen LogP contribution in [-0.2, 0) is 14.3 Å². The molecule has 6 nitrogen and oxygen atoms in total. The molecule has 5 rings (SSSR count). The number of benzene rings is 2. The van der Waals surface area contributed by atoms with Crippen molar-refractivity contribution in [2.24, 2.45) is 23.7 Å². The molecule has 0 radical (unpaired) electrons. The molecule has 2 saturated carbocycles. The number of imide groups is 1. The Kier molecular flexibility index (Phi) is 4.73. The number of amides is 2. The van der Waals surface area contributed by atoms with Crippen LogP contribution >= 0.6 is 0 Å². The summed E-state index contributed by atoms with van der Waals surface area (Å²) < 4.78 is 5.43. The highest BCUT2D eigenvalue weighted by Gasteiger charge is 2.61. The Balaban J connectivity index is 1.40. The van der Waals surface area contributed by atoms with Crippen molar-refractivity contribution >= 4 is 29.3 Å². The summed E-state index contributed by atoms with van der Waals surface area (Å²) in [4.78, 5) is 53.1. The van der Waals surface area contributed by atoms with Gasteiger partial charge < -0.3 is 4.74 Å². The number of carbonyl (C=O) groups excluding carboxylic acids is 4. The minimum Gasteiger partial charge on any atom is -0.451 e. The molecular weight excluding hydrogens is 394 g/mol. The van der Waals surface area contributed by atoms with Gasteiger partial charge in [0.2, 0.25) is 17.6 Å². The standard InChI is InChI=1S/C25H23NO5/c1-14(22(27)15-7-3-2-4-8-15)31-25(30)18-9-5-6-10-19(18)26-23(28)20-16-11-12-17(13-16)21(20)24(26)29/h2-10,14,16-17,20-21H,11-13H2,1H3/t14-,16+,17+,20+,21+/m1/s1. The molecule has 31 heavy (non-hydrogen) atoms. The van der Waals surface area contributed by atoms with E-state index in [4.69, 9.17) is 4.74 Å². The van der Waals surface area contributed by atoms with E-state index in [-0.39, 0.29) is 52.5 Å². The quantitative estimate of drug-likeness (QED) is 0.421. The van der Waals surface area contributed by atoms with Gasteiger partial charge >= 0.3 is 5.97 Å². The van der Waals surface area contributed by atoms with E-state index in [1.807, 2.05) is 0 Å². The zero-order valence-corrected chi connectivity index (χ0v) is 17.2. The summed E-state index contributed by atoms with van der Waals surface area (Å²) in [6.45, 7) is 1.52. The van der Waals surface area contributed by atoms with Crippen LogP contribution in [0.5, 0.6) is 0 Å². The lowest BCUT2D eigenvalue weighted by Crippen LogP contribution is -2.34. The van der Waals surface area contributed by atoms with Crippen molar-refractivity contribution < 1.29 is 23.9 Å². The molecule has 0 spiro atoms. The Bertz CT molecular complexity index is 1050. The number of ether oxygens (including phenoxy) is 1. The van der Waals surface area contributed by atoms with Gasteiger partial charge in [0, 0.05) is 5.56 Å². The van der Waals surface area contributed by atoms with E-state index in [1.165, 1.54) is 17.9 Å². The van der Waals surface area contributed by atoms with Crippen LogP contribution < -0.4 is 4.90 Å². The predicted octanol–water partition coefficient (Wildman–Crippen LogP) is 3.65. The topological polar surface area (TPSA) is 80.8 Å². The number of ketones is 1. The second-order valence-corrected chi connectivity index (χ2v) is 8.69. The third-order valence-corrected chi connectivity index (χ3v) is 7.00. The van der Waals surface area contributed by atoms with Gasteiger partial charge in [-0.2, -0.15) is 0 Å². The summed E-state index contributed by atoms with van der Waals surface area (Å²) in [5, 5.41) is 0. The first-order valence-corrected chi connectivity index (χ1v) is 10.7. The highest BCUT2D eigenvalue weighted by molar-refractivity contribution is 6.24. The largest absolute Gasteiger partial charge is 0.451 e. The second kappa shape index (κ2) is 7.45. The zero-order valence-electron chi connectivity index (χ0n) is 17.2. The first-order chi connectivity index (χ1) is 15.0. The van der Waals surface area contributed by atoms with Crippen molar-refractivity contribution in [3.8, 4) is 0 Å². The molecule has 6 heteroatoms. The second-order valence-electron chi connectivity index (χ2n) is 8.69. The average Bonchev–Trinajstić information content (AvgIpc) is 3.47. The molecule has 0 N–H and O–H groups in total. The van der Waals surface area contributed by atoms with Crippen LogP contribution in [0.25, 0.3) is 0 Å². The number of anilines is 1. The van der Waals surface area contributed by atoms with Crippen LogP contribution in [-0.4, -0.2) is 29.7 Å². The molecule has 5 atom stereocenters. The first-order valence-electron chi connectivity index (χ1n) is 10.7. The molecule has 3 aliphatic rings. The number of hydrogen-bond donors (Lipinski definition) is 0. The first kappa shape index (κ1) is 19.7. The van der Waals surface area contributed by atoms with Crippen LogP contribution in [0.4, 0.5) is 5.69 Å². The van der Waals surface area contributed by atoms with E-state index in [1.54, 1.807) is 48.5 Å². The van der Waals surface area contributed by atoms with Gasteiger partial charge in [-0.25, -0.2) is 9.69 Å². The molecule has 2 bridgehead atoms. The normalized spacial score (nSPS) is 27.3. The minimum atomic E-state index is -0.997. The number of nitrogens with zero attached hydrogens (tertiary/aromatic N) is 1. The molecule has 2 aromatic rings. The summed E-state index contributed by atoms with van der Waals surface area (Å²) in [6, 6.07) is 15.1. The number of carbonyl (C=O) groups is 4. The molecule has 2 aliphatic carbocycles. The molecule has 2 aromatic carbocycles. The van der Waals surface area contributed by atoms with Gasteiger partial charge in [0.15, 0.2) is 6.10 Å². The maximum atomic E-state index is 13.2. The van der Waals surface area contributed by atoms with Crippen molar-refractivity contribution in [2.75, 3.05) is 4.90 Å². The fourth-order valence-corrected chi connectivity index (χ4v) is 5.60. The number of fused-ring (bicyclic) bond motifs is 5. The molecule has 0 unspecified atom stereocenters. The molecular formula is C25H23NO5. The van der Waals surface area contributed by atoms with Gasteiger partial charge in [0.1, 0.15) is 0 Å². The van der Waals surface area contributed by atoms with Crippen molar-refractivity contribution in [3.63, 3.8) is 0 Å². The van der Waals surface area contributed by atoms with Gasteiger partial charge in [0.05, 0.1) is 23.1 Å². The van der Waals surface area contributed by atoms with Gasteiger partial charge in [0.25, 0.3) is 0 Å². The molecule has 0 aromatic heterocycles. The maximum absolute atomic E-state index is 13.2. The lowest BCUT2D eigenvalue weighted by Gasteiger charge is -2.20. The predicted molar refractivity (Wildman–Crippen MR) is 112 cm³/mol. The molecule has 2 amide bonds. The van der Waals surface area contributed by atoms with Crippen molar-refractivity contribution in [1.29, 1.82) is 0 Å². The summed E-state index contributed by atoms with van der Waals surface area (Å²) in [6.07, 6.45) is 1.93. The number of Topliss-reactive ketones (excluding diaryl/α,β-unsaturated/α-hetero) is 1. The van der Waals surface area contributed by atoms with E-state index in [0.717, 1.165) is 19.3 Å². The number of esters is 1. The third kappa shape index (κ3) is 3.09. The summed E-state index contributed by atoms with van der Waals surface area (Å²) in [7, 11) is 0. The average molecular weight is 417 g/mol. The van der Waals surface area contributed by atoms with Crippen molar-refractivity contribution in [2.45, 2.75) is 32.3 Å². The Morgan fingerprint density at radius 2 is 1.48 bits per heavy atom. The lowest BCUT2D eigenvalue weighted by molar-refractivity contribution is -0.123. The Labute approximate surface area is 180 Å². The van der Waals surface area contributed by atoms with Gasteiger partial charge in [-0.15, -0.1) is 0 Å². The van der Waals surface area contributed by atoms with E-state index in [2.05, 4.69) is 0 Å². The van der Waals surface area contributed by atoms with Gasteiger partial charge in [-0.1, -0.05) is 42.5 Å².